The second-order valence-electron chi connectivity index (χ2n) is 8.72. The first-order valence-corrected chi connectivity index (χ1v) is 14.4. The van der Waals surface area contributed by atoms with E-state index in [9.17, 15) is 31.2 Å². The van der Waals surface area contributed by atoms with Crippen molar-refractivity contribution in [2.75, 3.05) is 23.7 Å². The van der Waals surface area contributed by atoms with E-state index in [2.05, 4.69) is 5.32 Å². The highest BCUT2D eigenvalue weighted by atomic mass is 35.5. The van der Waals surface area contributed by atoms with Crippen LogP contribution in [0.3, 0.4) is 0 Å². The lowest BCUT2D eigenvalue weighted by molar-refractivity contribution is -0.140. The van der Waals surface area contributed by atoms with Crippen molar-refractivity contribution >= 4 is 50.7 Å². The first-order valence-electron chi connectivity index (χ1n) is 11.8. The van der Waals surface area contributed by atoms with Crippen molar-refractivity contribution in [3.63, 3.8) is 0 Å². The molecule has 0 aliphatic carbocycles. The third-order valence-electron chi connectivity index (χ3n) is 5.67. The van der Waals surface area contributed by atoms with Gasteiger partial charge in [-0.25, -0.2) is 8.42 Å². The van der Waals surface area contributed by atoms with Gasteiger partial charge >= 0.3 is 6.18 Å². The molecule has 1 N–H and O–H groups in total. The van der Waals surface area contributed by atoms with E-state index in [-0.39, 0.29) is 42.5 Å². The van der Waals surface area contributed by atoms with Gasteiger partial charge in [-0.1, -0.05) is 42.3 Å². The third-order valence-corrected chi connectivity index (χ3v) is 7.60. The molecule has 2 aromatic carbocycles. The zero-order valence-electron chi connectivity index (χ0n) is 21.2. The Morgan fingerprint density at radius 3 is 2.34 bits per heavy atom. The molecule has 2 amide bonds. The predicted octanol–water partition coefficient (Wildman–Crippen LogP) is 5.50. The fraction of sp³-hybridized carbons (Fsp3) is 0.440. The Hall–Kier alpha value is -2.50. The molecule has 0 unspecified atom stereocenters. The highest BCUT2D eigenvalue weighted by Crippen LogP contribution is 2.32. The first kappa shape index (κ1) is 31.7. The summed E-state index contributed by atoms with van der Waals surface area (Å²) < 4.78 is 65.0. The number of amides is 2. The Kier molecular flexibility index (Phi) is 11.3. The summed E-state index contributed by atoms with van der Waals surface area (Å²) in [7, 11) is -3.95. The molecule has 2 rings (SSSR count). The number of nitrogens with one attached hydrogen (secondary N) is 1. The van der Waals surface area contributed by atoms with E-state index in [1.54, 1.807) is 25.1 Å². The summed E-state index contributed by atoms with van der Waals surface area (Å²) in [5.41, 5.74) is -0.515. The van der Waals surface area contributed by atoms with Gasteiger partial charge in [0.15, 0.2) is 0 Å². The molecule has 0 spiro atoms. The molecule has 0 heterocycles. The van der Waals surface area contributed by atoms with Crippen molar-refractivity contribution in [1.82, 2.24) is 10.2 Å². The summed E-state index contributed by atoms with van der Waals surface area (Å²) >= 11 is 12.1. The summed E-state index contributed by atoms with van der Waals surface area (Å²) in [6, 6.07) is 7.95. The lowest BCUT2D eigenvalue weighted by Crippen LogP contribution is -2.47. The van der Waals surface area contributed by atoms with Crippen LogP contribution in [-0.4, -0.2) is 50.5 Å². The van der Waals surface area contributed by atoms with Crippen LogP contribution in [0.2, 0.25) is 10.0 Å². The van der Waals surface area contributed by atoms with Crippen LogP contribution in [0.1, 0.15) is 44.2 Å². The van der Waals surface area contributed by atoms with Crippen molar-refractivity contribution in [1.29, 1.82) is 0 Å². The zero-order chi connectivity index (χ0) is 28.7. The Bertz CT molecular complexity index is 1240. The molecule has 0 saturated heterocycles. The highest BCUT2D eigenvalue weighted by molar-refractivity contribution is 7.92. The molecule has 0 aromatic heterocycles. The molecule has 13 heteroatoms. The molecule has 0 fully saturated rings. The number of rotatable bonds is 12. The van der Waals surface area contributed by atoms with Crippen LogP contribution in [0, 0.1) is 0 Å². The van der Waals surface area contributed by atoms with Gasteiger partial charge in [0.1, 0.15) is 6.04 Å². The zero-order valence-corrected chi connectivity index (χ0v) is 23.5. The van der Waals surface area contributed by atoms with Gasteiger partial charge in [-0.15, -0.1) is 0 Å². The molecule has 0 aliphatic heterocycles. The number of nitrogens with zero attached hydrogens (tertiary/aromatic N) is 2. The van der Waals surface area contributed by atoms with Crippen molar-refractivity contribution in [3.05, 3.63) is 63.6 Å². The van der Waals surface area contributed by atoms with Crippen LogP contribution in [0.4, 0.5) is 18.9 Å². The smallest absolute Gasteiger partial charge is 0.354 e. The topological polar surface area (TPSA) is 86.8 Å². The summed E-state index contributed by atoms with van der Waals surface area (Å²) in [5, 5.41) is 3.36. The Labute approximate surface area is 230 Å². The number of hydrogen-bond acceptors (Lipinski definition) is 4. The molecule has 38 heavy (non-hydrogen) atoms. The van der Waals surface area contributed by atoms with Crippen LogP contribution in [-0.2, 0) is 32.3 Å². The van der Waals surface area contributed by atoms with Gasteiger partial charge in [-0.3, -0.25) is 13.9 Å². The van der Waals surface area contributed by atoms with Crippen LogP contribution in [0.25, 0.3) is 0 Å². The molecule has 1 atom stereocenters. The Morgan fingerprint density at radius 2 is 1.76 bits per heavy atom. The maximum Gasteiger partial charge on any atom is 0.416 e. The molecular weight excluding hydrogens is 566 g/mol. The summed E-state index contributed by atoms with van der Waals surface area (Å²) in [4.78, 5) is 27.2. The third kappa shape index (κ3) is 9.06. The van der Waals surface area contributed by atoms with Crippen LogP contribution in [0.5, 0.6) is 0 Å². The molecule has 0 radical (unpaired) electrons. The predicted molar refractivity (Wildman–Crippen MR) is 143 cm³/mol. The van der Waals surface area contributed by atoms with Gasteiger partial charge in [0.25, 0.3) is 0 Å². The van der Waals surface area contributed by atoms with E-state index in [4.69, 9.17) is 23.2 Å². The number of benzene rings is 2. The Morgan fingerprint density at radius 1 is 1.08 bits per heavy atom. The summed E-state index contributed by atoms with van der Waals surface area (Å²) in [6.45, 7) is 3.70. The number of carbonyl (C=O) groups excluding carboxylic acids is 2. The van der Waals surface area contributed by atoms with Gasteiger partial charge in [0.05, 0.1) is 27.6 Å². The standard InChI is InChI=1S/C25H30Cl2F3N3O4S/c1-4-12-31-24(35)17(2)32(16-18-10-11-21(26)22(27)14-18)23(34)9-6-13-33(38(3,36)37)20-8-5-7-19(15-20)25(28,29)30/h5,7-8,10-11,14-15,17H,4,6,9,12-13,16H2,1-3H3,(H,31,35)/t17-/m0/s1. The molecule has 0 aliphatic rings. The molecule has 210 valence electrons. The number of hydrogen-bond donors (Lipinski definition) is 1. The van der Waals surface area contributed by atoms with E-state index in [1.807, 2.05) is 6.92 Å². The molecule has 2 aromatic rings. The monoisotopic (exact) mass is 595 g/mol. The van der Waals surface area contributed by atoms with Crippen molar-refractivity contribution in [2.24, 2.45) is 0 Å². The minimum atomic E-state index is -4.64. The summed E-state index contributed by atoms with van der Waals surface area (Å²) in [5.74, 6) is -0.797. The maximum atomic E-state index is 13.2. The minimum Gasteiger partial charge on any atom is -0.354 e. The lowest BCUT2D eigenvalue weighted by Gasteiger charge is -2.29. The average Bonchev–Trinajstić information content (AvgIpc) is 2.84. The SMILES string of the molecule is CCCNC(=O)[C@H](C)N(Cc1ccc(Cl)c(Cl)c1)C(=O)CCCN(c1cccc(C(F)(F)F)c1)S(C)(=O)=O. The average molecular weight is 596 g/mol. The number of anilines is 1. The number of halogens is 5. The fourth-order valence-electron chi connectivity index (χ4n) is 3.65. The Balaban J connectivity index is 2.22. The van der Waals surface area contributed by atoms with E-state index < -0.39 is 33.7 Å². The van der Waals surface area contributed by atoms with Crippen molar-refractivity contribution in [2.45, 2.75) is 51.9 Å². The van der Waals surface area contributed by atoms with Gasteiger partial charge in [-0.05, 0) is 55.7 Å². The van der Waals surface area contributed by atoms with E-state index in [0.29, 0.717) is 23.6 Å². The molecular formula is C25H30Cl2F3N3O4S. The second kappa shape index (κ2) is 13.5. The fourth-order valence-corrected chi connectivity index (χ4v) is 4.93. The van der Waals surface area contributed by atoms with Gasteiger partial charge in [0, 0.05) is 26.1 Å². The number of sulfonamides is 1. The van der Waals surface area contributed by atoms with Crippen molar-refractivity contribution in [3.8, 4) is 0 Å². The van der Waals surface area contributed by atoms with E-state index >= 15 is 0 Å². The van der Waals surface area contributed by atoms with E-state index in [0.717, 1.165) is 28.8 Å². The lowest BCUT2D eigenvalue weighted by atomic mass is 10.1. The van der Waals surface area contributed by atoms with Gasteiger partial charge in [-0.2, -0.15) is 13.2 Å². The number of alkyl halides is 3. The first-order chi connectivity index (χ1) is 17.6. The number of carbonyl (C=O) groups is 2. The second-order valence-corrected chi connectivity index (χ2v) is 11.4. The molecule has 7 nitrogen and oxygen atoms in total. The normalized spacial score (nSPS) is 12.6. The van der Waals surface area contributed by atoms with Gasteiger partial charge < -0.3 is 10.2 Å². The maximum absolute atomic E-state index is 13.2. The van der Waals surface area contributed by atoms with Crippen LogP contribution >= 0.6 is 23.2 Å². The largest absolute Gasteiger partial charge is 0.416 e. The molecule has 0 saturated carbocycles. The van der Waals surface area contributed by atoms with Gasteiger partial charge in [0.2, 0.25) is 21.8 Å². The quantitative estimate of drug-likeness (QED) is 0.351. The minimum absolute atomic E-state index is 0.00330. The van der Waals surface area contributed by atoms with Crippen LogP contribution < -0.4 is 9.62 Å². The summed E-state index contributed by atoms with van der Waals surface area (Å²) in [6.07, 6.45) is -3.21. The van der Waals surface area contributed by atoms with E-state index in [1.165, 1.54) is 11.0 Å². The van der Waals surface area contributed by atoms with Crippen molar-refractivity contribution < 1.29 is 31.2 Å². The highest BCUT2D eigenvalue weighted by Gasteiger charge is 2.32. The molecule has 0 bridgehead atoms. The van der Waals surface area contributed by atoms with Crippen LogP contribution in [0.15, 0.2) is 42.5 Å².